The van der Waals surface area contributed by atoms with E-state index in [1.807, 2.05) is 0 Å². The Kier molecular flexibility index (Phi) is 3.73. The van der Waals surface area contributed by atoms with Crippen molar-refractivity contribution >= 4 is 43.9 Å². The van der Waals surface area contributed by atoms with E-state index in [4.69, 9.17) is 18.0 Å². The van der Waals surface area contributed by atoms with E-state index < -0.39 is 10.0 Å². The van der Waals surface area contributed by atoms with E-state index in [-0.39, 0.29) is 15.0 Å². The molecule has 0 aliphatic heterocycles. The highest BCUT2D eigenvalue weighted by Gasteiger charge is 2.17. The molecule has 0 bridgehead atoms. The number of pyridine rings is 1. The second kappa shape index (κ2) is 5.15. The topological polar surface area (TPSA) is 111 Å². The highest BCUT2D eigenvalue weighted by molar-refractivity contribution is 7.93. The van der Waals surface area contributed by atoms with Gasteiger partial charge in [0.2, 0.25) is 5.13 Å². The molecule has 0 amide bonds. The Morgan fingerprint density at radius 2 is 2.21 bits per heavy atom. The Bertz CT molecular complexity index is 708. The van der Waals surface area contributed by atoms with Crippen LogP contribution in [-0.2, 0) is 10.0 Å². The highest BCUT2D eigenvalue weighted by atomic mass is 32.2. The van der Waals surface area contributed by atoms with E-state index in [2.05, 4.69) is 19.1 Å². The SMILES string of the molecule is Cc1nsc(NS(=O)(=O)c2ccc(C(N)=S)nc2)n1. The van der Waals surface area contributed by atoms with Crippen LogP contribution in [-0.4, -0.2) is 27.7 Å². The normalized spacial score (nSPS) is 11.2. The van der Waals surface area contributed by atoms with E-state index >= 15 is 0 Å². The van der Waals surface area contributed by atoms with Gasteiger partial charge in [0, 0.05) is 17.7 Å². The maximum atomic E-state index is 12.0. The summed E-state index contributed by atoms with van der Waals surface area (Å²) in [6, 6.07) is 2.82. The first-order chi connectivity index (χ1) is 8.88. The first kappa shape index (κ1) is 13.8. The van der Waals surface area contributed by atoms with Gasteiger partial charge in [-0.15, -0.1) is 0 Å². The number of aryl methyl sites for hydroxylation is 1. The van der Waals surface area contributed by atoms with Crippen LogP contribution in [0.5, 0.6) is 0 Å². The van der Waals surface area contributed by atoms with Gasteiger partial charge < -0.3 is 5.73 Å². The number of nitrogens with zero attached hydrogens (tertiary/aromatic N) is 3. The molecule has 0 aliphatic rings. The second-order valence-corrected chi connectivity index (χ2v) is 6.37. The van der Waals surface area contributed by atoms with Crippen molar-refractivity contribution in [2.45, 2.75) is 11.8 Å². The molecule has 2 aromatic rings. The zero-order chi connectivity index (χ0) is 14.0. The van der Waals surface area contributed by atoms with Crippen molar-refractivity contribution in [3.63, 3.8) is 0 Å². The second-order valence-electron chi connectivity index (χ2n) is 3.50. The number of rotatable bonds is 4. The molecule has 3 N–H and O–H groups in total. The maximum absolute atomic E-state index is 12.0. The minimum atomic E-state index is -3.73. The molecule has 0 aromatic carbocycles. The number of nitrogens with two attached hydrogens (primary N) is 1. The molecule has 0 atom stereocenters. The van der Waals surface area contributed by atoms with Crippen LogP contribution in [0.25, 0.3) is 0 Å². The number of nitrogens with one attached hydrogen (secondary N) is 1. The molecular weight excluding hydrogens is 306 g/mol. The Morgan fingerprint density at radius 3 is 2.68 bits per heavy atom. The first-order valence-corrected chi connectivity index (χ1v) is 7.64. The van der Waals surface area contributed by atoms with Crippen LogP contribution in [0.2, 0.25) is 0 Å². The van der Waals surface area contributed by atoms with Gasteiger partial charge in [-0.25, -0.2) is 13.4 Å². The van der Waals surface area contributed by atoms with Crippen molar-refractivity contribution in [2.24, 2.45) is 5.73 Å². The van der Waals surface area contributed by atoms with Gasteiger partial charge in [0.15, 0.2) is 0 Å². The van der Waals surface area contributed by atoms with Gasteiger partial charge in [-0.1, -0.05) is 12.2 Å². The summed E-state index contributed by atoms with van der Waals surface area (Å²) in [4.78, 5) is 7.90. The number of thiocarbonyl (C=S) groups is 1. The van der Waals surface area contributed by atoms with Crippen LogP contribution >= 0.6 is 23.8 Å². The predicted molar refractivity (Wildman–Crippen MR) is 75.6 cm³/mol. The van der Waals surface area contributed by atoms with Crippen LogP contribution in [0.3, 0.4) is 0 Å². The summed E-state index contributed by atoms with van der Waals surface area (Å²) in [6.07, 6.45) is 1.19. The van der Waals surface area contributed by atoms with Crippen molar-refractivity contribution in [1.29, 1.82) is 0 Å². The van der Waals surface area contributed by atoms with E-state index in [0.29, 0.717) is 11.5 Å². The summed E-state index contributed by atoms with van der Waals surface area (Å²) in [5.74, 6) is 0.504. The van der Waals surface area contributed by atoms with Gasteiger partial charge in [0.25, 0.3) is 10.0 Å². The Labute approximate surface area is 119 Å². The van der Waals surface area contributed by atoms with Gasteiger partial charge in [0.1, 0.15) is 15.7 Å². The largest absolute Gasteiger partial charge is 0.388 e. The fraction of sp³-hybridized carbons (Fsp3) is 0.111. The van der Waals surface area contributed by atoms with Gasteiger partial charge >= 0.3 is 0 Å². The first-order valence-electron chi connectivity index (χ1n) is 4.97. The fourth-order valence-corrected chi connectivity index (χ4v) is 3.06. The van der Waals surface area contributed by atoms with Crippen LogP contribution in [0.4, 0.5) is 5.13 Å². The summed E-state index contributed by atoms with van der Waals surface area (Å²) < 4.78 is 30.2. The van der Waals surface area contributed by atoms with Crippen molar-refractivity contribution < 1.29 is 8.42 Å². The standard InChI is InChI=1S/C9H9N5O2S3/c1-5-12-9(18-13-5)14-19(15,16)6-2-3-7(8(10)17)11-4-6/h2-4H,1H3,(H2,10,17)(H,12,13,14). The zero-order valence-electron chi connectivity index (χ0n) is 9.69. The molecule has 2 rings (SSSR count). The van der Waals surface area contributed by atoms with E-state index in [1.54, 1.807) is 6.92 Å². The quantitative estimate of drug-likeness (QED) is 0.798. The molecule has 0 saturated carbocycles. The fourth-order valence-electron chi connectivity index (χ4n) is 1.20. The number of sulfonamides is 1. The van der Waals surface area contributed by atoms with E-state index in [9.17, 15) is 8.42 Å². The molecular formula is C9H9N5O2S3. The molecule has 19 heavy (non-hydrogen) atoms. The summed E-state index contributed by atoms with van der Waals surface area (Å²) in [5, 5.41) is 0.205. The monoisotopic (exact) mass is 315 g/mol. The highest BCUT2D eigenvalue weighted by Crippen LogP contribution is 2.17. The van der Waals surface area contributed by atoms with Gasteiger partial charge in [0.05, 0.1) is 5.69 Å². The lowest BCUT2D eigenvalue weighted by Crippen LogP contribution is -2.15. The van der Waals surface area contributed by atoms with Crippen LogP contribution in [0, 0.1) is 6.92 Å². The number of hydrogen-bond donors (Lipinski definition) is 2. The van der Waals surface area contributed by atoms with E-state index in [0.717, 1.165) is 11.5 Å². The molecule has 7 nitrogen and oxygen atoms in total. The third-order valence-electron chi connectivity index (χ3n) is 2.05. The molecule has 0 radical (unpaired) electrons. The third-order valence-corrected chi connectivity index (χ3v) is 4.43. The lowest BCUT2D eigenvalue weighted by molar-refractivity contribution is 0.601. The Hall–Kier alpha value is -1.65. The van der Waals surface area contributed by atoms with Crippen molar-refractivity contribution in [3.05, 3.63) is 29.8 Å². The minimum absolute atomic E-state index is 0.000327. The number of hydrogen-bond acceptors (Lipinski definition) is 7. The summed E-state index contributed by atoms with van der Waals surface area (Å²) in [7, 11) is -3.73. The average Bonchev–Trinajstić information content (AvgIpc) is 2.74. The number of aromatic nitrogens is 3. The lowest BCUT2D eigenvalue weighted by atomic mass is 10.3. The van der Waals surface area contributed by atoms with Gasteiger partial charge in [-0.05, 0) is 19.1 Å². The molecule has 2 heterocycles. The van der Waals surface area contributed by atoms with E-state index in [1.165, 1.54) is 18.3 Å². The Morgan fingerprint density at radius 1 is 1.47 bits per heavy atom. The maximum Gasteiger partial charge on any atom is 0.265 e. The van der Waals surface area contributed by atoms with Crippen molar-refractivity contribution in [3.8, 4) is 0 Å². The van der Waals surface area contributed by atoms with Crippen LogP contribution in [0.1, 0.15) is 11.5 Å². The summed E-state index contributed by atoms with van der Waals surface area (Å²) in [5.41, 5.74) is 5.75. The molecule has 0 saturated heterocycles. The summed E-state index contributed by atoms with van der Waals surface area (Å²) in [6.45, 7) is 1.67. The third kappa shape index (κ3) is 3.22. The lowest BCUT2D eigenvalue weighted by Gasteiger charge is -2.04. The average molecular weight is 315 g/mol. The Balaban J connectivity index is 2.26. The molecule has 0 aliphatic carbocycles. The molecule has 0 spiro atoms. The van der Waals surface area contributed by atoms with Gasteiger partial charge in [-0.2, -0.15) is 4.37 Å². The number of anilines is 1. The van der Waals surface area contributed by atoms with Crippen LogP contribution < -0.4 is 10.5 Å². The summed E-state index contributed by atoms with van der Waals surface area (Å²) >= 11 is 5.71. The van der Waals surface area contributed by atoms with Gasteiger partial charge in [-0.3, -0.25) is 9.71 Å². The molecule has 10 heteroatoms. The smallest absolute Gasteiger partial charge is 0.265 e. The van der Waals surface area contributed by atoms with Crippen molar-refractivity contribution in [1.82, 2.24) is 14.3 Å². The predicted octanol–water partition coefficient (Wildman–Crippen LogP) is 0.677. The van der Waals surface area contributed by atoms with Crippen LogP contribution in [0.15, 0.2) is 23.2 Å². The molecule has 0 fully saturated rings. The molecule has 2 aromatic heterocycles. The minimum Gasteiger partial charge on any atom is -0.388 e. The molecule has 0 unspecified atom stereocenters. The molecule has 100 valence electrons. The van der Waals surface area contributed by atoms with Crippen molar-refractivity contribution in [2.75, 3.05) is 4.72 Å². The zero-order valence-corrected chi connectivity index (χ0v) is 12.1.